The summed E-state index contributed by atoms with van der Waals surface area (Å²) < 4.78 is 7.06. The van der Waals surface area contributed by atoms with Crippen molar-refractivity contribution in [2.24, 2.45) is 0 Å². The van der Waals surface area contributed by atoms with Crippen LogP contribution < -0.4 is 10.6 Å². The molecule has 0 unspecified atom stereocenters. The number of para-hydroxylation sites is 1. The van der Waals surface area contributed by atoms with Crippen LogP contribution in [0.5, 0.6) is 0 Å². The molecule has 0 radical (unpaired) electrons. The van der Waals surface area contributed by atoms with E-state index in [9.17, 15) is 9.59 Å². The van der Waals surface area contributed by atoms with Crippen LogP contribution in [0.1, 0.15) is 23.0 Å². The zero-order valence-electron chi connectivity index (χ0n) is 25.3. The summed E-state index contributed by atoms with van der Waals surface area (Å²) in [4.78, 5) is 41.3. The van der Waals surface area contributed by atoms with Gasteiger partial charge in [-0.2, -0.15) is 4.98 Å². The van der Waals surface area contributed by atoms with Gasteiger partial charge in [-0.25, -0.2) is 19.1 Å². The van der Waals surface area contributed by atoms with Crippen molar-refractivity contribution in [3.8, 4) is 16.8 Å². The Morgan fingerprint density at radius 2 is 1.66 bits per heavy atom. The molecule has 1 aliphatic rings. The summed E-state index contributed by atoms with van der Waals surface area (Å²) >= 11 is 0. The summed E-state index contributed by atoms with van der Waals surface area (Å²) in [6.45, 7) is 15.0. The Labute approximate surface area is 257 Å². The molecular formula is C36H37N5O3. The minimum atomic E-state index is -0.456. The quantitative estimate of drug-likeness (QED) is 0.169. The Bertz CT molecular complexity index is 1780. The Morgan fingerprint density at radius 1 is 0.977 bits per heavy atom. The van der Waals surface area contributed by atoms with Crippen molar-refractivity contribution >= 4 is 22.8 Å². The zero-order chi connectivity index (χ0) is 31.1. The molecule has 4 aromatic rings. The summed E-state index contributed by atoms with van der Waals surface area (Å²) in [5, 5.41) is 0.645. The smallest absolute Gasteiger partial charge is 0.355 e. The van der Waals surface area contributed by atoms with Gasteiger partial charge in [-0.3, -0.25) is 4.90 Å². The van der Waals surface area contributed by atoms with Crippen LogP contribution in [0.25, 0.3) is 27.8 Å². The van der Waals surface area contributed by atoms with Crippen molar-refractivity contribution in [2.45, 2.75) is 13.8 Å². The standard InChI is InChI=1S/C36H37N5O3/c1-5-15-27(6-2)16-14-21-39-22-24-40(25-23-39)33-32-31(28-17-10-8-11-18-28)30(35(42)44-7-3)26(4)37-34(32)41(36(43)38-33)29-19-12-9-13-20-29/h5-6,8-20H,1-2,7,21-25H2,3-4H3/b16-14+,27-15+. The van der Waals surface area contributed by atoms with Gasteiger partial charge in [-0.05, 0) is 37.1 Å². The number of pyridine rings is 1. The number of fused-ring (bicyclic) bond motifs is 1. The van der Waals surface area contributed by atoms with Crippen LogP contribution in [-0.2, 0) is 4.74 Å². The molecule has 5 rings (SSSR count). The van der Waals surface area contributed by atoms with Gasteiger partial charge in [0.15, 0.2) is 5.65 Å². The van der Waals surface area contributed by atoms with Crippen molar-refractivity contribution in [1.82, 2.24) is 19.4 Å². The summed E-state index contributed by atoms with van der Waals surface area (Å²) in [6.07, 6.45) is 9.62. The van der Waals surface area contributed by atoms with Crippen LogP contribution in [0.3, 0.4) is 0 Å². The zero-order valence-corrected chi connectivity index (χ0v) is 25.3. The monoisotopic (exact) mass is 587 g/mol. The van der Waals surface area contributed by atoms with Crippen molar-refractivity contribution in [3.05, 3.63) is 132 Å². The Kier molecular flexibility index (Phi) is 9.62. The number of rotatable bonds is 10. The van der Waals surface area contributed by atoms with Gasteiger partial charge in [0.05, 0.1) is 28.9 Å². The molecule has 0 amide bonds. The number of carbonyl (C=O) groups excluding carboxylic acids is 1. The molecule has 3 heterocycles. The summed E-state index contributed by atoms with van der Waals surface area (Å²) in [6, 6.07) is 19.1. The van der Waals surface area contributed by atoms with Gasteiger partial charge >= 0.3 is 11.7 Å². The average molecular weight is 588 g/mol. The predicted octanol–water partition coefficient (Wildman–Crippen LogP) is 5.91. The second kappa shape index (κ2) is 13.9. The van der Waals surface area contributed by atoms with Crippen LogP contribution >= 0.6 is 0 Å². The minimum Gasteiger partial charge on any atom is -0.462 e. The first-order valence-electron chi connectivity index (χ1n) is 14.8. The van der Waals surface area contributed by atoms with Crippen molar-refractivity contribution in [1.29, 1.82) is 0 Å². The van der Waals surface area contributed by atoms with Crippen LogP contribution in [-0.4, -0.2) is 64.7 Å². The maximum absolute atomic E-state index is 13.8. The van der Waals surface area contributed by atoms with Gasteiger partial charge < -0.3 is 9.64 Å². The molecule has 0 bridgehead atoms. The number of allylic oxidation sites excluding steroid dienone is 5. The molecule has 1 aliphatic heterocycles. The lowest BCUT2D eigenvalue weighted by molar-refractivity contribution is 0.0526. The highest BCUT2D eigenvalue weighted by molar-refractivity contribution is 6.11. The molecule has 2 aromatic carbocycles. The second-order valence-electron chi connectivity index (χ2n) is 10.4. The number of hydrogen-bond donors (Lipinski definition) is 0. The van der Waals surface area contributed by atoms with E-state index in [1.165, 1.54) is 4.57 Å². The first kappa shape index (κ1) is 30.4. The van der Waals surface area contributed by atoms with E-state index in [2.05, 4.69) is 34.0 Å². The van der Waals surface area contributed by atoms with Crippen molar-refractivity contribution in [3.63, 3.8) is 0 Å². The Morgan fingerprint density at radius 3 is 2.30 bits per heavy atom. The number of esters is 1. The fourth-order valence-electron chi connectivity index (χ4n) is 5.54. The summed E-state index contributed by atoms with van der Waals surface area (Å²) in [5.74, 6) is 0.0646. The van der Waals surface area contributed by atoms with E-state index in [0.29, 0.717) is 52.4 Å². The van der Waals surface area contributed by atoms with Crippen LogP contribution in [0.4, 0.5) is 5.82 Å². The molecule has 8 heteroatoms. The SMILES string of the molecule is C=C/C=C(C=C)/C=C/CN1CCN(c2nc(=O)n(-c3ccccc3)c3nc(C)c(C(=O)OCC)c(-c4ccccc4)c23)CC1. The van der Waals surface area contributed by atoms with Gasteiger partial charge in [0.25, 0.3) is 0 Å². The molecule has 44 heavy (non-hydrogen) atoms. The molecule has 0 saturated carbocycles. The van der Waals surface area contributed by atoms with Gasteiger partial charge in [0.1, 0.15) is 5.82 Å². The van der Waals surface area contributed by atoms with Crippen LogP contribution in [0, 0.1) is 6.92 Å². The number of carbonyl (C=O) groups is 1. The van der Waals surface area contributed by atoms with E-state index in [4.69, 9.17) is 9.72 Å². The number of aryl methyl sites for hydroxylation is 1. The number of hydrogen-bond acceptors (Lipinski definition) is 7. The van der Waals surface area contributed by atoms with E-state index in [1.807, 2.05) is 72.8 Å². The molecule has 2 aromatic heterocycles. The molecule has 1 saturated heterocycles. The first-order valence-corrected chi connectivity index (χ1v) is 14.8. The second-order valence-corrected chi connectivity index (χ2v) is 10.4. The van der Waals surface area contributed by atoms with Crippen molar-refractivity contribution in [2.75, 3.05) is 44.2 Å². The molecular weight excluding hydrogens is 550 g/mol. The van der Waals surface area contributed by atoms with Crippen molar-refractivity contribution < 1.29 is 9.53 Å². The molecule has 8 nitrogen and oxygen atoms in total. The number of nitrogens with zero attached hydrogens (tertiary/aromatic N) is 5. The predicted molar refractivity (Wildman–Crippen MR) is 178 cm³/mol. The lowest BCUT2D eigenvalue weighted by atomic mass is 9.95. The molecule has 0 N–H and O–H groups in total. The molecule has 0 atom stereocenters. The third-order valence-electron chi connectivity index (χ3n) is 7.64. The number of piperazine rings is 1. The minimum absolute atomic E-state index is 0.229. The van der Waals surface area contributed by atoms with E-state index in [-0.39, 0.29) is 6.61 Å². The highest BCUT2D eigenvalue weighted by atomic mass is 16.5. The molecule has 0 aliphatic carbocycles. The number of ether oxygens (including phenoxy) is 1. The fraction of sp³-hybridized carbons (Fsp3) is 0.222. The van der Waals surface area contributed by atoms with E-state index in [1.54, 1.807) is 26.0 Å². The molecule has 224 valence electrons. The maximum Gasteiger partial charge on any atom is 0.355 e. The van der Waals surface area contributed by atoms with Gasteiger partial charge in [-0.1, -0.05) is 92.1 Å². The summed E-state index contributed by atoms with van der Waals surface area (Å²) in [7, 11) is 0. The number of anilines is 1. The first-order chi connectivity index (χ1) is 21.5. The Balaban J connectivity index is 1.66. The van der Waals surface area contributed by atoms with E-state index in [0.717, 1.165) is 30.8 Å². The maximum atomic E-state index is 13.8. The average Bonchev–Trinajstić information content (AvgIpc) is 3.04. The lowest BCUT2D eigenvalue weighted by Crippen LogP contribution is -2.47. The third-order valence-corrected chi connectivity index (χ3v) is 7.64. The fourth-order valence-corrected chi connectivity index (χ4v) is 5.54. The summed E-state index contributed by atoms with van der Waals surface area (Å²) in [5.41, 5.74) is 4.02. The number of benzene rings is 2. The van der Waals surface area contributed by atoms with E-state index >= 15 is 0 Å². The Hall–Kier alpha value is -5.08. The third kappa shape index (κ3) is 6.31. The van der Waals surface area contributed by atoms with Crippen LogP contribution in [0.15, 0.2) is 115 Å². The topological polar surface area (TPSA) is 80.6 Å². The van der Waals surface area contributed by atoms with Gasteiger partial charge in [-0.15, -0.1) is 0 Å². The number of aromatic nitrogens is 3. The van der Waals surface area contributed by atoms with Gasteiger partial charge in [0.2, 0.25) is 0 Å². The highest BCUT2D eigenvalue weighted by Crippen LogP contribution is 2.38. The normalized spacial score (nSPS) is 14.2. The van der Waals surface area contributed by atoms with E-state index < -0.39 is 11.7 Å². The van der Waals surface area contributed by atoms with Gasteiger partial charge in [0, 0.05) is 38.3 Å². The largest absolute Gasteiger partial charge is 0.462 e. The molecule has 1 fully saturated rings. The molecule has 0 spiro atoms. The lowest BCUT2D eigenvalue weighted by Gasteiger charge is -2.35. The highest BCUT2D eigenvalue weighted by Gasteiger charge is 2.29. The van der Waals surface area contributed by atoms with Crippen LogP contribution in [0.2, 0.25) is 0 Å².